The Hall–Kier alpha value is -0.890. The van der Waals surface area contributed by atoms with Gasteiger partial charge in [-0.05, 0) is 20.8 Å². The van der Waals surface area contributed by atoms with Crippen LogP contribution in [0.4, 0.5) is 0 Å². The predicted octanol–water partition coefficient (Wildman–Crippen LogP) is 0.784. The third kappa shape index (κ3) is 3.55. The molecule has 0 bridgehead atoms. The molecule has 1 aromatic rings. The summed E-state index contributed by atoms with van der Waals surface area (Å²) in [6.45, 7) is 4.89. The minimum Gasteiger partial charge on any atom is -0.462 e. The lowest BCUT2D eigenvalue weighted by Gasteiger charge is -2.24. The Morgan fingerprint density at radius 1 is 1.50 bits per heavy atom. The van der Waals surface area contributed by atoms with Crippen LogP contribution >= 0.6 is 0 Å². The predicted molar refractivity (Wildman–Crippen MR) is 65.6 cm³/mol. The number of aliphatic hydroxyl groups excluding tert-OH is 1. The van der Waals surface area contributed by atoms with Gasteiger partial charge in [0, 0.05) is 13.2 Å². The molecule has 0 saturated heterocycles. The summed E-state index contributed by atoms with van der Waals surface area (Å²) >= 11 is 0. The van der Waals surface area contributed by atoms with Crippen LogP contribution in [0.5, 0.6) is 0 Å². The van der Waals surface area contributed by atoms with E-state index in [1.165, 1.54) is 20.1 Å². The van der Waals surface area contributed by atoms with E-state index in [4.69, 9.17) is 14.3 Å². The second kappa shape index (κ2) is 5.40. The van der Waals surface area contributed by atoms with E-state index in [1.807, 2.05) is 0 Å². The highest BCUT2D eigenvalue weighted by Gasteiger charge is 2.29. The number of aryl methyl sites for hydroxylation is 1. The maximum absolute atomic E-state index is 12.2. The van der Waals surface area contributed by atoms with Crippen molar-refractivity contribution < 1.29 is 22.7 Å². The topological polar surface area (TPSA) is 88.8 Å². The molecule has 0 aliphatic carbocycles. The number of hydrogen-bond acceptors (Lipinski definition) is 5. The van der Waals surface area contributed by atoms with E-state index in [2.05, 4.69) is 4.72 Å². The number of rotatable bonds is 6. The van der Waals surface area contributed by atoms with Gasteiger partial charge in [0.1, 0.15) is 23.0 Å². The number of ether oxygens (including phenoxy) is 1. The number of methoxy groups -OCH3 is 1. The van der Waals surface area contributed by atoms with E-state index in [-0.39, 0.29) is 29.6 Å². The Morgan fingerprint density at radius 2 is 2.11 bits per heavy atom. The highest BCUT2D eigenvalue weighted by atomic mass is 32.2. The van der Waals surface area contributed by atoms with Crippen LogP contribution in [-0.4, -0.2) is 32.8 Å². The molecule has 0 aromatic carbocycles. The number of nitrogens with one attached hydrogen (secondary N) is 1. The van der Waals surface area contributed by atoms with Crippen LogP contribution in [0.25, 0.3) is 0 Å². The van der Waals surface area contributed by atoms with Crippen LogP contribution in [0, 0.1) is 6.92 Å². The molecule has 0 fully saturated rings. The fourth-order valence-corrected chi connectivity index (χ4v) is 3.28. The van der Waals surface area contributed by atoms with Gasteiger partial charge in [-0.15, -0.1) is 0 Å². The van der Waals surface area contributed by atoms with Crippen LogP contribution in [-0.2, 0) is 21.4 Å². The minimum absolute atomic E-state index is 0.0377. The van der Waals surface area contributed by atoms with Gasteiger partial charge in [-0.25, -0.2) is 13.1 Å². The van der Waals surface area contributed by atoms with Crippen molar-refractivity contribution in [3.8, 4) is 0 Å². The summed E-state index contributed by atoms with van der Waals surface area (Å²) in [6, 6.07) is 1.32. The molecule has 18 heavy (non-hydrogen) atoms. The number of furan rings is 1. The van der Waals surface area contributed by atoms with Crippen molar-refractivity contribution >= 4 is 10.0 Å². The lowest BCUT2D eigenvalue weighted by molar-refractivity contribution is 0.141. The lowest BCUT2D eigenvalue weighted by Crippen LogP contribution is -2.46. The van der Waals surface area contributed by atoms with Crippen LogP contribution < -0.4 is 4.72 Å². The molecule has 0 aliphatic rings. The molecule has 0 radical (unpaired) electrons. The monoisotopic (exact) mass is 277 g/mol. The Bertz CT molecular complexity index is 504. The first kappa shape index (κ1) is 15.2. The smallest absolute Gasteiger partial charge is 0.244 e. The van der Waals surface area contributed by atoms with E-state index < -0.39 is 15.6 Å². The molecule has 0 atom stereocenters. The standard InChI is InChI=1S/C11H19NO5S/c1-8-10(5-9(6-13)17-8)18(14,15)12-11(2,3)7-16-4/h5,12-13H,6-7H2,1-4H3. The minimum atomic E-state index is -3.69. The van der Waals surface area contributed by atoms with Gasteiger partial charge in [-0.1, -0.05) is 0 Å². The van der Waals surface area contributed by atoms with Crippen molar-refractivity contribution in [2.24, 2.45) is 0 Å². The van der Waals surface area contributed by atoms with Crippen molar-refractivity contribution in [3.05, 3.63) is 17.6 Å². The molecule has 6 nitrogen and oxygen atoms in total. The third-order valence-electron chi connectivity index (χ3n) is 2.28. The molecule has 0 unspecified atom stereocenters. The van der Waals surface area contributed by atoms with Crippen LogP contribution in [0.15, 0.2) is 15.4 Å². The van der Waals surface area contributed by atoms with Crippen molar-refractivity contribution in [1.29, 1.82) is 0 Å². The largest absolute Gasteiger partial charge is 0.462 e. The van der Waals surface area contributed by atoms with Gasteiger partial charge in [0.2, 0.25) is 10.0 Å². The van der Waals surface area contributed by atoms with Crippen LogP contribution in [0.2, 0.25) is 0 Å². The molecule has 0 saturated carbocycles. The molecule has 1 rings (SSSR count). The van der Waals surface area contributed by atoms with E-state index in [9.17, 15) is 8.42 Å². The van der Waals surface area contributed by atoms with Crippen molar-refractivity contribution in [3.63, 3.8) is 0 Å². The number of sulfonamides is 1. The normalized spacial score (nSPS) is 12.9. The summed E-state index contributed by atoms with van der Waals surface area (Å²) < 4.78 is 36.9. The average Bonchev–Trinajstić information content (AvgIpc) is 2.58. The first-order valence-corrected chi connectivity index (χ1v) is 6.93. The maximum atomic E-state index is 12.2. The quantitative estimate of drug-likeness (QED) is 0.802. The molecular weight excluding hydrogens is 258 g/mol. The third-order valence-corrected chi connectivity index (χ3v) is 4.09. The Kier molecular flexibility index (Phi) is 4.55. The van der Waals surface area contributed by atoms with Gasteiger partial charge in [0.15, 0.2) is 0 Å². The lowest BCUT2D eigenvalue weighted by atomic mass is 10.1. The van der Waals surface area contributed by atoms with Crippen LogP contribution in [0.1, 0.15) is 25.4 Å². The Labute approximate surface area is 107 Å². The van der Waals surface area contributed by atoms with Crippen LogP contribution in [0.3, 0.4) is 0 Å². The van der Waals surface area contributed by atoms with E-state index >= 15 is 0 Å². The molecule has 104 valence electrons. The van der Waals surface area contributed by atoms with Gasteiger partial charge in [0.25, 0.3) is 0 Å². The zero-order valence-corrected chi connectivity index (χ0v) is 11.8. The Morgan fingerprint density at radius 3 is 2.56 bits per heavy atom. The van der Waals surface area contributed by atoms with E-state index in [1.54, 1.807) is 13.8 Å². The highest BCUT2D eigenvalue weighted by molar-refractivity contribution is 7.89. The molecule has 7 heteroatoms. The van der Waals surface area contributed by atoms with E-state index in [0.717, 1.165) is 0 Å². The summed E-state index contributed by atoms with van der Waals surface area (Å²) in [6.07, 6.45) is 0. The maximum Gasteiger partial charge on any atom is 0.244 e. The second-order valence-electron chi connectivity index (χ2n) is 4.71. The van der Waals surface area contributed by atoms with Gasteiger partial charge in [-0.2, -0.15) is 0 Å². The first-order chi connectivity index (χ1) is 8.22. The van der Waals surface area contributed by atoms with Gasteiger partial charge >= 0.3 is 0 Å². The summed E-state index contributed by atoms with van der Waals surface area (Å²) in [5.74, 6) is 0.470. The summed E-state index contributed by atoms with van der Waals surface area (Å²) in [5, 5.41) is 8.93. The summed E-state index contributed by atoms with van der Waals surface area (Å²) in [4.78, 5) is 0.0377. The average molecular weight is 277 g/mol. The zero-order chi connectivity index (χ0) is 14.0. The van der Waals surface area contributed by atoms with E-state index in [0.29, 0.717) is 0 Å². The fraction of sp³-hybridized carbons (Fsp3) is 0.636. The molecule has 0 amide bonds. The van der Waals surface area contributed by atoms with Crippen molar-refractivity contribution in [2.75, 3.05) is 13.7 Å². The van der Waals surface area contributed by atoms with Gasteiger partial charge in [0.05, 0.1) is 12.1 Å². The van der Waals surface area contributed by atoms with Gasteiger partial charge < -0.3 is 14.3 Å². The number of hydrogen-bond donors (Lipinski definition) is 2. The van der Waals surface area contributed by atoms with Crippen molar-refractivity contribution in [1.82, 2.24) is 4.72 Å². The fourth-order valence-electron chi connectivity index (χ4n) is 1.68. The second-order valence-corrected chi connectivity index (χ2v) is 6.36. The summed E-state index contributed by atoms with van der Waals surface area (Å²) in [5.41, 5.74) is -0.726. The zero-order valence-electron chi connectivity index (χ0n) is 11.0. The summed E-state index contributed by atoms with van der Waals surface area (Å²) in [7, 11) is -2.19. The molecule has 2 N–H and O–H groups in total. The molecule has 1 aromatic heterocycles. The van der Waals surface area contributed by atoms with Crippen molar-refractivity contribution in [2.45, 2.75) is 37.8 Å². The molecule has 0 aliphatic heterocycles. The Balaban J connectivity index is 3.03. The first-order valence-electron chi connectivity index (χ1n) is 5.45. The molecular formula is C11H19NO5S. The molecule has 0 spiro atoms. The highest BCUT2D eigenvalue weighted by Crippen LogP contribution is 2.21. The molecule has 1 heterocycles. The van der Waals surface area contributed by atoms with Gasteiger partial charge in [-0.3, -0.25) is 0 Å². The SMILES string of the molecule is COCC(C)(C)NS(=O)(=O)c1cc(CO)oc1C. The number of aliphatic hydroxyl groups is 1.